The van der Waals surface area contributed by atoms with E-state index in [1.807, 2.05) is 6.92 Å². The van der Waals surface area contributed by atoms with Crippen LogP contribution < -0.4 is 10.6 Å². The molecule has 1 unspecified atom stereocenters. The number of aryl methyl sites for hydroxylation is 1. The molecule has 0 radical (unpaired) electrons. The Hall–Kier alpha value is -1.39. The van der Waals surface area contributed by atoms with Crippen LogP contribution in [0.4, 0.5) is 4.39 Å². The van der Waals surface area contributed by atoms with Crippen LogP contribution in [0.3, 0.4) is 0 Å². The molecular formula is C21H32FIN4O2. The van der Waals surface area contributed by atoms with Crippen LogP contribution >= 0.6 is 24.0 Å². The number of nitrogens with zero attached hydrogens (tertiary/aromatic N) is 2. The molecule has 8 heteroatoms. The van der Waals surface area contributed by atoms with E-state index in [1.165, 1.54) is 12.1 Å². The van der Waals surface area contributed by atoms with Crippen LogP contribution in [0.1, 0.15) is 25.2 Å². The summed E-state index contributed by atoms with van der Waals surface area (Å²) in [6.07, 6.45) is 0. The Bertz CT molecular complexity index is 818. The second-order valence-corrected chi connectivity index (χ2v) is 7.56. The quantitative estimate of drug-likeness (QED) is 0.348. The zero-order valence-corrected chi connectivity index (χ0v) is 20.0. The molecule has 1 aromatic carbocycles. The van der Waals surface area contributed by atoms with Crippen molar-refractivity contribution in [2.45, 2.75) is 33.4 Å². The molecule has 0 bridgehead atoms. The predicted molar refractivity (Wildman–Crippen MR) is 126 cm³/mol. The van der Waals surface area contributed by atoms with E-state index >= 15 is 0 Å². The molecule has 1 aromatic heterocycles. The van der Waals surface area contributed by atoms with Crippen LogP contribution in [-0.4, -0.2) is 56.8 Å². The van der Waals surface area contributed by atoms with E-state index in [0.29, 0.717) is 24.1 Å². The minimum Gasteiger partial charge on any atom is -0.459 e. The third kappa shape index (κ3) is 6.05. The van der Waals surface area contributed by atoms with E-state index < -0.39 is 0 Å². The average molecular weight is 518 g/mol. The van der Waals surface area contributed by atoms with Crippen LogP contribution in [0.2, 0.25) is 0 Å². The monoisotopic (exact) mass is 518 g/mol. The molecular weight excluding hydrogens is 486 g/mol. The van der Waals surface area contributed by atoms with E-state index in [4.69, 9.17) is 9.15 Å². The van der Waals surface area contributed by atoms with E-state index in [9.17, 15) is 4.39 Å². The molecule has 3 rings (SSSR count). The molecule has 162 valence electrons. The maximum Gasteiger partial charge on any atom is 0.191 e. The Morgan fingerprint density at radius 3 is 2.62 bits per heavy atom. The molecule has 0 aliphatic carbocycles. The predicted octanol–water partition coefficient (Wildman–Crippen LogP) is 3.52. The Morgan fingerprint density at radius 2 is 1.97 bits per heavy atom. The maximum absolute atomic E-state index is 13.5. The van der Waals surface area contributed by atoms with Gasteiger partial charge in [0.05, 0.1) is 19.8 Å². The van der Waals surface area contributed by atoms with Gasteiger partial charge < -0.3 is 19.8 Å². The van der Waals surface area contributed by atoms with Crippen LogP contribution in [0, 0.1) is 18.7 Å². The number of aliphatic imine (C=N–C) groups is 1. The highest BCUT2D eigenvalue weighted by Gasteiger charge is 2.24. The first-order valence-electron chi connectivity index (χ1n) is 9.93. The van der Waals surface area contributed by atoms with Gasteiger partial charge in [0.2, 0.25) is 0 Å². The fourth-order valence-electron chi connectivity index (χ4n) is 3.69. The third-order valence-electron chi connectivity index (χ3n) is 5.40. The summed E-state index contributed by atoms with van der Waals surface area (Å²) in [6, 6.07) is 5.02. The number of hydrogen-bond donors (Lipinski definition) is 2. The van der Waals surface area contributed by atoms with Crippen LogP contribution in [0.15, 0.2) is 27.6 Å². The molecule has 29 heavy (non-hydrogen) atoms. The van der Waals surface area contributed by atoms with Crippen molar-refractivity contribution in [2.75, 3.05) is 39.9 Å². The topological polar surface area (TPSA) is 62.0 Å². The number of ether oxygens (including phenoxy) is 1. The van der Waals surface area contributed by atoms with Gasteiger partial charge in [-0.25, -0.2) is 4.39 Å². The Balaban J connectivity index is 0.00000300. The molecule has 2 aromatic rings. The first-order chi connectivity index (χ1) is 13.5. The average Bonchev–Trinajstić information content (AvgIpc) is 3.00. The van der Waals surface area contributed by atoms with E-state index in [1.54, 1.807) is 13.1 Å². The summed E-state index contributed by atoms with van der Waals surface area (Å²) in [5.41, 5.74) is 1.65. The molecule has 1 aliphatic heterocycles. The SMILES string of the molecule is CN=C(NCc1oc2ccc(F)cc2c1C)NCC(C(C)C)N1CCOCC1.I. The summed E-state index contributed by atoms with van der Waals surface area (Å²) < 4.78 is 24.8. The summed E-state index contributed by atoms with van der Waals surface area (Å²) in [6.45, 7) is 11.3. The lowest BCUT2D eigenvalue weighted by Gasteiger charge is -2.37. The number of morpholine rings is 1. The van der Waals surface area contributed by atoms with Crippen molar-refractivity contribution in [3.05, 3.63) is 35.3 Å². The van der Waals surface area contributed by atoms with Crippen molar-refractivity contribution in [3.8, 4) is 0 Å². The second-order valence-electron chi connectivity index (χ2n) is 7.56. The molecule has 0 spiro atoms. The Labute approximate surface area is 189 Å². The number of hydrogen-bond acceptors (Lipinski definition) is 4. The van der Waals surface area contributed by atoms with Crippen molar-refractivity contribution < 1.29 is 13.5 Å². The van der Waals surface area contributed by atoms with Crippen LogP contribution in [-0.2, 0) is 11.3 Å². The van der Waals surface area contributed by atoms with Gasteiger partial charge in [0.25, 0.3) is 0 Å². The molecule has 1 atom stereocenters. The van der Waals surface area contributed by atoms with Crippen molar-refractivity contribution in [3.63, 3.8) is 0 Å². The summed E-state index contributed by atoms with van der Waals surface area (Å²) in [5, 5.41) is 7.55. The number of furan rings is 1. The standard InChI is InChI=1S/C21H31FN4O2.HI/c1-14(2)18(26-7-9-27-10-8-26)12-24-21(23-4)25-13-20-15(3)17-11-16(22)5-6-19(17)28-20;/h5-6,11,14,18H,7-10,12-13H2,1-4H3,(H2,23,24,25);1H. The van der Waals surface area contributed by atoms with Gasteiger partial charge >= 0.3 is 0 Å². The molecule has 2 heterocycles. The number of halogens is 2. The van der Waals surface area contributed by atoms with Crippen LogP contribution in [0.5, 0.6) is 0 Å². The molecule has 0 saturated carbocycles. The zero-order valence-electron chi connectivity index (χ0n) is 17.6. The Morgan fingerprint density at radius 1 is 1.24 bits per heavy atom. The van der Waals surface area contributed by atoms with Gasteiger partial charge in [-0.2, -0.15) is 0 Å². The van der Waals surface area contributed by atoms with Crippen molar-refractivity contribution >= 4 is 40.9 Å². The van der Waals surface area contributed by atoms with Gasteiger partial charge in [0.1, 0.15) is 17.2 Å². The maximum atomic E-state index is 13.5. The minimum atomic E-state index is -0.253. The summed E-state index contributed by atoms with van der Waals surface area (Å²) in [7, 11) is 1.76. The van der Waals surface area contributed by atoms with Gasteiger partial charge in [0, 0.05) is 43.7 Å². The fourth-order valence-corrected chi connectivity index (χ4v) is 3.69. The molecule has 6 nitrogen and oxygen atoms in total. The van der Waals surface area contributed by atoms with E-state index in [-0.39, 0.29) is 29.8 Å². The molecule has 0 amide bonds. The second kappa shape index (κ2) is 11.1. The number of guanidine groups is 1. The van der Waals surface area contributed by atoms with Gasteiger partial charge in [-0.05, 0) is 31.0 Å². The fraction of sp³-hybridized carbons (Fsp3) is 0.571. The zero-order chi connectivity index (χ0) is 20.1. The highest BCUT2D eigenvalue weighted by molar-refractivity contribution is 14.0. The molecule has 1 saturated heterocycles. The highest BCUT2D eigenvalue weighted by Crippen LogP contribution is 2.25. The van der Waals surface area contributed by atoms with Crippen molar-refractivity contribution in [2.24, 2.45) is 10.9 Å². The first kappa shape index (κ1) is 23.9. The molecule has 1 fully saturated rings. The van der Waals surface area contributed by atoms with E-state index in [2.05, 4.69) is 34.4 Å². The molecule has 2 N–H and O–H groups in total. The third-order valence-corrected chi connectivity index (χ3v) is 5.40. The Kier molecular flexibility index (Phi) is 9.16. The van der Waals surface area contributed by atoms with E-state index in [0.717, 1.165) is 55.5 Å². The summed E-state index contributed by atoms with van der Waals surface area (Å²) in [4.78, 5) is 6.81. The van der Waals surface area contributed by atoms with Gasteiger partial charge in [-0.3, -0.25) is 9.89 Å². The molecule has 1 aliphatic rings. The van der Waals surface area contributed by atoms with Crippen molar-refractivity contribution in [1.29, 1.82) is 0 Å². The van der Waals surface area contributed by atoms with Crippen molar-refractivity contribution in [1.82, 2.24) is 15.5 Å². The smallest absolute Gasteiger partial charge is 0.191 e. The highest BCUT2D eigenvalue weighted by atomic mass is 127. The lowest BCUT2D eigenvalue weighted by atomic mass is 10.0. The number of nitrogens with one attached hydrogen (secondary N) is 2. The number of rotatable bonds is 6. The van der Waals surface area contributed by atoms with Gasteiger partial charge in [-0.15, -0.1) is 24.0 Å². The largest absolute Gasteiger partial charge is 0.459 e. The minimum absolute atomic E-state index is 0. The number of benzene rings is 1. The van der Waals surface area contributed by atoms with Gasteiger partial charge in [0.15, 0.2) is 5.96 Å². The summed E-state index contributed by atoms with van der Waals surface area (Å²) in [5.74, 6) is 1.79. The normalized spacial score (nSPS) is 16.7. The van der Waals surface area contributed by atoms with Gasteiger partial charge in [-0.1, -0.05) is 13.8 Å². The van der Waals surface area contributed by atoms with Crippen LogP contribution in [0.25, 0.3) is 11.0 Å². The number of fused-ring (bicyclic) bond motifs is 1. The lowest BCUT2D eigenvalue weighted by Crippen LogP contribution is -2.52. The lowest BCUT2D eigenvalue weighted by molar-refractivity contribution is 0.00752. The summed E-state index contributed by atoms with van der Waals surface area (Å²) >= 11 is 0. The first-order valence-corrected chi connectivity index (χ1v) is 9.93.